The van der Waals surface area contributed by atoms with Gasteiger partial charge in [0, 0.05) is 24.7 Å². The van der Waals surface area contributed by atoms with E-state index in [-0.39, 0.29) is 6.04 Å². The molecule has 21 heavy (non-hydrogen) atoms. The largest absolute Gasteiger partial charge is 0.327 e. The molecule has 0 aliphatic rings. The molecule has 2 aromatic rings. The number of hydrogen-bond donors (Lipinski definition) is 1. The molecule has 0 aliphatic carbocycles. The molecular weight excluding hydrogens is 258 g/mol. The molecule has 1 heterocycles. The van der Waals surface area contributed by atoms with Crippen LogP contribution < -0.4 is 5.73 Å². The maximum atomic E-state index is 6.25. The fourth-order valence-corrected chi connectivity index (χ4v) is 2.40. The third-order valence-electron chi connectivity index (χ3n) is 4.10. The van der Waals surface area contributed by atoms with Crippen molar-refractivity contribution in [3.63, 3.8) is 0 Å². The number of nitrogens with two attached hydrogens (primary N) is 1. The molecule has 0 fully saturated rings. The Hall–Kier alpha value is -1.61. The van der Waals surface area contributed by atoms with Crippen LogP contribution in [0.15, 0.2) is 36.5 Å². The molecular formula is C18H27N3. The van der Waals surface area contributed by atoms with Gasteiger partial charge in [-0.1, -0.05) is 36.8 Å². The Balaban J connectivity index is 1.82. The summed E-state index contributed by atoms with van der Waals surface area (Å²) in [5.74, 6) is 0. The van der Waals surface area contributed by atoms with Crippen LogP contribution in [0, 0.1) is 6.92 Å². The smallest absolute Gasteiger partial charge is 0.0640 e. The molecule has 0 radical (unpaired) electrons. The van der Waals surface area contributed by atoms with E-state index < -0.39 is 0 Å². The van der Waals surface area contributed by atoms with E-state index in [1.54, 1.807) is 0 Å². The minimum atomic E-state index is 0.173. The van der Waals surface area contributed by atoms with Crippen molar-refractivity contribution in [2.45, 2.75) is 58.5 Å². The van der Waals surface area contributed by atoms with Gasteiger partial charge in [0.15, 0.2) is 0 Å². The zero-order chi connectivity index (χ0) is 15.2. The van der Waals surface area contributed by atoms with Gasteiger partial charge in [0.05, 0.1) is 5.69 Å². The van der Waals surface area contributed by atoms with Crippen LogP contribution in [0.2, 0.25) is 0 Å². The number of benzene rings is 1. The summed E-state index contributed by atoms with van der Waals surface area (Å²) in [6.07, 6.45) is 6.05. The number of aromatic nitrogens is 2. The van der Waals surface area contributed by atoms with Gasteiger partial charge in [-0.05, 0) is 44.7 Å². The van der Waals surface area contributed by atoms with Crippen molar-refractivity contribution in [2.75, 3.05) is 0 Å². The highest BCUT2D eigenvalue weighted by Gasteiger charge is 2.09. The minimum Gasteiger partial charge on any atom is -0.327 e. The second kappa shape index (κ2) is 7.41. The van der Waals surface area contributed by atoms with E-state index in [0.717, 1.165) is 31.4 Å². The number of nitrogens with zero attached hydrogens (tertiary/aromatic N) is 2. The van der Waals surface area contributed by atoms with E-state index in [0.29, 0.717) is 6.04 Å². The fraction of sp³-hybridized carbons (Fsp3) is 0.500. The van der Waals surface area contributed by atoms with Gasteiger partial charge in [-0.3, -0.25) is 4.68 Å². The second-order valence-electron chi connectivity index (χ2n) is 6.03. The van der Waals surface area contributed by atoms with Crippen molar-refractivity contribution in [1.82, 2.24) is 9.78 Å². The van der Waals surface area contributed by atoms with E-state index in [1.165, 1.54) is 11.1 Å². The lowest BCUT2D eigenvalue weighted by molar-refractivity contribution is 0.470. The highest BCUT2D eigenvalue weighted by atomic mass is 15.3. The Morgan fingerprint density at radius 3 is 2.57 bits per heavy atom. The molecule has 0 aliphatic heterocycles. The Morgan fingerprint density at radius 1 is 1.19 bits per heavy atom. The first-order chi connectivity index (χ1) is 10.1. The van der Waals surface area contributed by atoms with Gasteiger partial charge in [-0.15, -0.1) is 0 Å². The highest BCUT2D eigenvalue weighted by molar-refractivity contribution is 5.21. The molecule has 0 saturated heterocycles. The van der Waals surface area contributed by atoms with Gasteiger partial charge in [0.1, 0.15) is 0 Å². The molecule has 0 amide bonds. The third kappa shape index (κ3) is 4.71. The predicted molar refractivity (Wildman–Crippen MR) is 88.4 cm³/mol. The van der Waals surface area contributed by atoms with Crippen molar-refractivity contribution in [3.05, 3.63) is 53.3 Å². The van der Waals surface area contributed by atoms with Crippen LogP contribution in [-0.2, 0) is 12.8 Å². The van der Waals surface area contributed by atoms with Crippen LogP contribution in [0.1, 0.15) is 49.6 Å². The molecule has 0 spiro atoms. The number of rotatable bonds is 7. The Labute approximate surface area is 128 Å². The number of hydrogen-bond acceptors (Lipinski definition) is 2. The minimum absolute atomic E-state index is 0.173. The standard InChI is InChI=1S/C18H27N3/c1-4-15(3)21-12-11-18(20-21)13-17(19)10-9-16-7-5-14(2)6-8-16/h5-8,11-12,15,17H,4,9-10,13,19H2,1-3H3. The highest BCUT2D eigenvalue weighted by Crippen LogP contribution is 2.12. The zero-order valence-electron chi connectivity index (χ0n) is 13.4. The number of aryl methyl sites for hydroxylation is 2. The van der Waals surface area contributed by atoms with Crippen LogP contribution in [0.5, 0.6) is 0 Å². The molecule has 2 atom stereocenters. The van der Waals surface area contributed by atoms with E-state index in [4.69, 9.17) is 5.73 Å². The molecule has 0 bridgehead atoms. The summed E-state index contributed by atoms with van der Waals surface area (Å²) in [5.41, 5.74) is 10.0. The van der Waals surface area contributed by atoms with Crippen LogP contribution in [0.4, 0.5) is 0 Å². The van der Waals surface area contributed by atoms with Crippen LogP contribution in [0.25, 0.3) is 0 Å². The molecule has 2 rings (SSSR count). The van der Waals surface area contributed by atoms with E-state index in [2.05, 4.69) is 62.4 Å². The molecule has 3 heteroatoms. The molecule has 3 nitrogen and oxygen atoms in total. The molecule has 0 saturated carbocycles. The van der Waals surface area contributed by atoms with Gasteiger partial charge < -0.3 is 5.73 Å². The summed E-state index contributed by atoms with van der Waals surface area (Å²) in [7, 11) is 0. The molecule has 1 aromatic carbocycles. The van der Waals surface area contributed by atoms with E-state index in [1.807, 2.05) is 4.68 Å². The van der Waals surface area contributed by atoms with Gasteiger partial charge in [0.2, 0.25) is 0 Å². The Kier molecular flexibility index (Phi) is 5.57. The normalized spacial score (nSPS) is 14.1. The van der Waals surface area contributed by atoms with Crippen molar-refractivity contribution >= 4 is 0 Å². The summed E-state index contributed by atoms with van der Waals surface area (Å²) in [4.78, 5) is 0. The second-order valence-corrected chi connectivity index (χ2v) is 6.03. The van der Waals surface area contributed by atoms with Crippen molar-refractivity contribution in [2.24, 2.45) is 5.73 Å². The average molecular weight is 285 g/mol. The molecule has 1 aromatic heterocycles. The summed E-state index contributed by atoms with van der Waals surface area (Å²) >= 11 is 0. The maximum Gasteiger partial charge on any atom is 0.0640 e. The summed E-state index contributed by atoms with van der Waals surface area (Å²) in [5, 5.41) is 4.62. The monoisotopic (exact) mass is 285 g/mol. The SMILES string of the molecule is CCC(C)n1ccc(CC(N)CCc2ccc(C)cc2)n1. The summed E-state index contributed by atoms with van der Waals surface area (Å²) in [6.45, 7) is 6.48. The predicted octanol–water partition coefficient (Wildman–Crippen LogP) is 3.67. The van der Waals surface area contributed by atoms with E-state index >= 15 is 0 Å². The molecule has 114 valence electrons. The average Bonchev–Trinajstić information content (AvgIpc) is 2.94. The summed E-state index contributed by atoms with van der Waals surface area (Å²) < 4.78 is 2.04. The van der Waals surface area contributed by atoms with Gasteiger partial charge in [-0.2, -0.15) is 5.10 Å². The summed E-state index contributed by atoms with van der Waals surface area (Å²) in [6, 6.07) is 11.4. The van der Waals surface area contributed by atoms with Crippen molar-refractivity contribution in [1.29, 1.82) is 0 Å². The third-order valence-corrected chi connectivity index (χ3v) is 4.10. The van der Waals surface area contributed by atoms with Crippen LogP contribution in [-0.4, -0.2) is 15.8 Å². The van der Waals surface area contributed by atoms with Crippen molar-refractivity contribution in [3.8, 4) is 0 Å². The zero-order valence-corrected chi connectivity index (χ0v) is 13.4. The lowest BCUT2D eigenvalue weighted by Gasteiger charge is -2.11. The fourth-order valence-electron chi connectivity index (χ4n) is 2.40. The van der Waals surface area contributed by atoms with Crippen molar-refractivity contribution < 1.29 is 0 Å². The Morgan fingerprint density at radius 2 is 1.90 bits per heavy atom. The van der Waals surface area contributed by atoms with Gasteiger partial charge in [-0.25, -0.2) is 0 Å². The van der Waals surface area contributed by atoms with Crippen LogP contribution in [0.3, 0.4) is 0 Å². The molecule has 2 unspecified atom stereocenters. The van der Waals surface area contributed by atoms with Gasteiger partial charge in [0.25, 0.3) is 0 Å². The quantitative estimate of drug-likeness (QED) is 0.843. The van der Waals surface area contributed by atoms with Gasteiger partial charge >= 0.3 is 0 Å². The first-order valence-electron chi connectivity index (χ1n) is 7.93. The first-order valence-corrected chi connectivity index (χ1v) is 7.93. The lowest BCUT2D eigenvalue weighted by Crippen LogP contribution is -2.24. The first kappa shape index (κ1) is 15.8. The lowest BCUT2D eigenvalue weighted by atomic mass is 10.0. The molecule has 2 N–H and O–H groups in total. The maximum absolute atomic E-state index is 6.25. The topological polar surface area (TPSA) is 43.8 Å². The Bertz CT molecular complexity index is 542. The van der Waals surface area contributed by atoms with E-state index in [9.17, 15) is 0 Å². The van der Waals surface area contributed by atoms with Crippen LogP contribution >= 0.6 is 0 Å².